The Morgan fingerprint density at radius 2 is 1.80 bits per heavy atom. The zero-order valence-electron chi connectivity index (χ0n) is 9.90. The summed E-state index contributed by atoms with van der Waals surface area (Å²) in [6, 6.07) is 2.73. The molecule has 0 bridgehead atoms. The van der Waals surface area contributed by atoms with Crippen LogP contribution in [0.2, 0.25) is 15.1 Å². The molecule has 0 saturated heterocycles. The van der Waals surface area contributed by atoms with Crippen LogP contribution in [0, 0.1) is 0 Å². The van der Waals surface area contributed by atoms with Crippen molar-refractivity contribution in [1.29, 1.82) is 0 Å². The van der Waals surface area contributed by atoms with Crippen molar-refractivity contribution in [1.82, 2.24) is 5.32 Å². The Bertz CT molecular complexity index is 605. The molecule has 1 aromatic rings. The molecule has 112 valence electrons. The highest BCUT2D eigenvalue weighted by Gasteiger charge is 2.10. The standard InChI is InChI=1S/C10H10Cl3NO5S/c11-6-3-8(13)9(4-7(6)12)19-5-10(15)14-1-2-20(16,17)18/h3-4H,1-2,5H2,(H,14,15)(H,16,17,18). The quantitative estimate of drug-likeness (QED) is 0.596. The van der Waals surface area contributed by atoms with Gasteiger partial charge in [-0.1, -0.05) is 34.8 Å². The first-order valence-electron chi connectivity index (χ1n) is 5.18. The van der Waals surface area contributed by atoms with Crippen molar-refractivity contribution in [2.45, 2.75) is 0 Å². The van der Waals surface area contributed by atoms with Gasteiger partial charge in [0.25, 0.3) is 16.0 Å². The number of ether oxygens (including phenoxy) is 1. The number of benzene rings is 1. The van der Waals surface area contributed by atoms with Crippen molar-refractivity contribution in [2.24, 2.45) is 0 Å². The lowest BCUT2D eigenvalue weighted by Crippen LogP contribution is -2.32. The Kier molecular flexibility index (Phi) is 6.35. The third-order valence-electron chi connectivity index (χ3n) is 2.02. The van der Waals surface area contributed by atoms with Crippen molar-refractivity contribution in [2.75, 3.05) is 18.9 Å². The van der Waals surface area contributed by atoms with Crippen LogP contribution < -0.4 is 10.1 Å². The predicted molar refractivity (Wildman–Crippen MR) is 76.4 cm³/mol. The van der Waals surface area contributed by atoms with E-state index >= 15 is 0 Å². The normalized spacial score (nSPS) is 11.2. The molecule has 0 radical (unpaired) electrons. The number of amides is 1. The average Bonchev–Trinajstić information content (AvgIpc) is 2.30. The van der Waals surface area contributed by atoms with Crippen molar-refractivity contribution in [3.63, 3.8) is 0 Å². The van der Waals surface area contributed by atoms with Gasteiger partial charge >= 0.3 is 0 Å². The van der Waals surface area contributed by atoms with Gasteiger partial charge in [0.15, 0.2) is 6.61 Å². The number of hydrogen-bond acceptors (Lipinski definition) is 4. The monoisotopic (exact) mass is 361 g/mol. The molecule has 0 heterocycles. The van der Waals surface area contributed by atoms with Gasteiger partial charge in [-0.25, -0.2) is 0 Å². The van der Waals surface area contributed by atoms with Crippen LogP contribution in [0.3, 0.4) is 0 Å². The molecule has 6 nitrogen and oxygen atoms in total. The van der Waals surface area contributed by atoms with Gasteiger partial charge in [0.1, 0.15) is 5.75 Å². The lowest BCUT2D eigenvalue weighted by atomic mass is 10.3. The SMILES string of the molecule is O=C(COc1cc(Cl)c(Cl)cc1Cl)NCCS(=O)(=O)O. The largest absolute Gasteiger partial charge is 0.482 e. The summed E-state index contributed by atoms with van der Waals surface area (Å²) in [5.41, 5.74) is 0. The van der Waals surface area contributed by atoms with E-state index in [1.54, 1.807) is 0 Å². The second-order valence-corrected chi connectivity index (χ2v) is 6.42. The van der Waals surface area contributed by atoms with Crippen molar-refractivity contribution >= 4 is 50.8 Å². The van der Waals surface area contributed by atoms with Crippen LogP contribution >= 0.6 is 34.8 Å². The highest BCUT2D eigenvalue weighted by Crippen LogP contribution is 2.33. The van der Waals surface area contributed by atoms with Crippen molar-refractivity contribution in [3.8, 4) is 5.75 Å². The summed E-state index contributed by atoms with van der Waals surface area (Å²) in [6.07, 6.45) is 0. The molecule has 10 heteroatoms. The maximum Gasteiger partial charge on any atom is 0.266 e. The molecule has 1 rings (SSSR count). The first-order valence-corrected chi connectivity index (χ1v) is 7.92. The van der Waals surface area contributed by atoms with Gasteiger partial charge in [0.05, 0.1) is 20.8 Å². The van der Waals surface area contributed by atoms with Gasteiger partial charge in [0, 0.05) is 12.6 Å². The zero-order chi connectivity index (χ0) is 15.3. The fourth-order valence-electron chi connectivity index (χ4n) is 1.13. The Morgan fingerprint density at radius 1 is 1.20 bits per heavy atom. The van der Waals surface area contributed by atoms with E-state index in [0.29, 0.717) is 0 Å². The van der Waals surface area contributed by atoms with Crippen molar-refractivity contribution in [3.05, 3.63) is 27.2 Å². The fourth-order valence-corrected chi connectivity index (χ4v) is 2.08. The van der Waals surface area contributed by atoms with E-state index in [1.807, 2.05) is 0 Å². The molecule has 0 aliphatic carbocycles. The smallest absolute Gasteiger partial charge is 0.266 e. The number of carbonyl (C=O) groups is 1. The van der Waals surface area contributed by atoms with Crippen LogP contribution in [0.25, 0.3) is 0 Å². The minimum absolute atomic E-state index is 0.172. The Labute approximate surface area is 130 Å². The summed E-state index contributed by atoms with van der Waals surface area (Å²) in [5, 5.41) is 2.91. The second kappa shape index (κ2) is 7.33. The van der Waals surface area contributed by atoms with E-state index in [9.17, 15) is 13.2 Å². The van der Waals surface area contributed by atoms with Crippen LogP contribution in [0.4, 0.5) is 0 Å². The summed E-state index contributed by atoms with van der Waals surface area (Å²) < 4.78 is 34.5. The summed E-state index contributed by atoms with van der Waals surface area (Å²) >= 11 is 17.3. The van der Waals surface area contributed by atoms with Crippen molar-refractivity contribution < 1.29 is 22.5 Å². The minimum Gasteiger partial charge on any atom is -0.482 e. The van der Waals surface area contributed by atoms with Crippen LogP contribution in [0.5, 0.6) is 5.75 Å². The lowest BCUT2D eigenvalue weighted by Gasteiger charge is -2.09. The summed E-state index contributed by atoms with van der Waals surface area (Å²) in [7, 11) is -4.11. The molecule has 0 saturated carbocycles. The molecule has 0 fully saturated rings. The molecule has 0 atom stereocenters. The van der Waals surface area contributed by atoms with Crippen LogP contribution in [0.15, 0.2) is 12.1 Å². The Hall–Kier alpha value is -0.730. The molecule has 0 aliphatic heterocycles. The number of nitrogens with one attached hydrogen (secondary N) is 1. The molecule has 2 N–H and O–H groups in total. The van der Waals surface area contributed by atoms with Crippen LogP contribution in [0.1, 0.15) is 0 Å². The Balaban J connectivity index is 2.47. The van der Waals surface area contributed by atoms with E-state index in [-0.39, 0.29) is 34.0 Å². The van der Waals surface area contributed by atoms with Gasteiger partial charge in [0.2, 0.25) is 0 Å². The molecule has 1 aromatic carbocycles. The molecular formula is C10H10Cl3NO5S. The Morgan fingerprint density at radius 3 is 2.40 bits per heavy atom. The second-order valence-electron chi connectivity index (χ2n) is 3.62. The molecule has 0 aliphatic rings. The van der Waals surface area contributed by atoms with Gasteiger partial charge < -0.3 is 10.1 Å². The van der Waals surface area contributed by atoms with Gasteiger partial charge in [-0.3, -0.25) is 9.35 Å². The van der Waals surface area contributed by atoms with E-state index in [4.69, 9.17) is 44.1 Å². The molecule has 0 spiro atoms. The predicted octanol–water partition coefficient (Wildman–Crippen LogP) is 2.03. The highest BCUT2D eigenvalue weighted by atomic mass is 35.5. The van der Waals surface area contributed by atoms with E-state index in [2.05, 4.69) is 5.32 Å². The topological polar surface area (TPSA) is 92.7 Å². The minimum atomic E-state index is -4.11. The van der Waals surface area contributed by atoms with Gasteiger partial charge in [-0.2, -0.15) is 8.42 Å². The molecule has 0 unspecified atom stereocenters. The number of rotatable bonds is 6. The molecular weight excluding hydrogens is 353 g/mol. The molecule has 1 amide bonds. The summed E-state index contributed by atoms with van der Waals surface area (Å²) in [5.74, 6) is -0.978. The number of halogens is 3. The molecule has 20 heavy (non-hydrogen) atoms. The van der Waals surface area contributed by atoms with E-state index in [0.717, 1.165) is 0 Å². The van der Waals surface area contributed by atoms with Gasteiger partial charge in [-0.15, -0.1) is 0 Å². The zero-order valence-corrected chi connectivity index (χ0v) is 13.0. The van der Waals surface area contributed by atoms with Crippen LogP contribution in [-0.2, 0) is 14.9 Å². The average molecular weight is 363 g/mol. The fraction of sp³-hybridized carbons (Fsp3) is 0.300. The highest BCUT2D eigenvalue weighted by molar-refractivity contribution is 7.85. The number of hydrogen-bond donors (Lipinski definition) is 2. The van der Waals surface area contributed by atoms with E-state index < -0.39 is 21.8 Å². The summed E-state index contributed by atoms with van der Waals surface area (Å²) in [4.78, 5) is 11.4. The third-order valence-corrected chi connectivity index (χ3v) is 3.75. The first kappa shape index (κ1) is 17.3. The first-order chi connectivity index (χ1) is 9.19. The maximum atomic E-state index is 11.4. The summed E-state index contributed by atoms with van der Waals surface area (Å²) in [6.45, 7) is -0.612. The maximum absolute atomic E-state index is 11.4. The lowest BCUT2D eigenvalue weighted by molar-refractivity contribution is -0.122. The van der Waals surface area contributed by atoms with Crippen LogP contribution in [-0.4, -0.2) is 37.8 Å². The molecule has 0 aromatic heterocycles. The number of carbonyl (C=O) groups excluding carboxylic acids is 1. The third kappa shape index (κ3) is 6.15. The van der Waals surface area contributed by atoms with E-state index in [1.165, 1.54) is 12.1 Å². The van der Waals surface area contributed by atoms with Gasteiger partial charge in [-0.05, 0) is 6.07 Å².